The zero-order chi connectivity index (χ0) is 16.4. The van der Waals surface area contributed by atoms with Gasteiger partial charge in [0.05, 0.1) is 10.7 Å². The lowest BCUT2D eigenvalue weighted by Crippen LogP contribution is -2.20. The van der Waals surface area contributed by atoms with E-state index in [4.69, 9.17) is 22.7 Å². The summed E-state index contributed by atoms with van der Waals surface area (Å²) in [6.07, 6.45) is 4.15. The number of aryl methyl sites for hydroxylation is 1. The van der Waals surface area contributed by atoms with Gasteiger partial charge in [-0.3, -0.25) is 0 Å². The van der Waals surface area contributed by atoms with E-state index < -0.39 is 0 Å². The van der Waals surface area contributed by atoms with Gasteiger partial charge in [0.1, 0.15) is 0 Å². The van der Waals surface area contributed by atoms with Crippen LogP contribution >= 0.6 is 11.6 Å². The second-order valence-corrected chi connectivity index (χ2v) is 5.64. The second kappa shape index (κ2) is 6.39. The number of nitrogens with one attached hydrogen (secondary N) is 3. The fourth-order valence-electron chi connectivity index (χ4n) is 2.43. The van der Waals surface area contributed by atoms with Crippen molar-refractivity contribution in [1.29, 1.82) is 5.41 Å². The zero-order valence-corrected chi connectivity index (χ0v) is 13.5. The molecule has 0 unspecified atom stereocenters. The van der Waals surface area contributed by atoms with Gasteiger partial charge in [-0.05, 0) is 30.7 Å². The summed E-state index contributed by atoms with van der Waals surface area (Å²) in [4.78, 5) is 4.55. The van der Waals surface area contributed by atoms with Crippen molar-refractivity contribution in [1.82, 2.24) is 20.1 Å². The van der Waals surface area contributed by atoms with E-state index in [0.29, 0.717) is 27.9 Å². The number of hydrogen-bond donors (Lipinski definition) is 4. The Morgan fingerprint density at radius 3 is 3.00 bits per heavy atom. The molecular weight excluding hydrogens is 314 g/mol. The van der Waals surface area contributed by atoms with Crippen molar-refractivity contribution in [3.05, 3.63) is 34.6 Å². The van der Waals surface area contributed by atoms with Crippen LogP contribution in [-0.2, 0) is 7.05 Å². The summed E-state index contributed by atoms with van der Waals surface area (Å²) in [7, 11) is 1.82. The molecule has 0 fully saturated rings. The number of anilines is 3. The summed E-state index contributed by atoms with van der Waals surface area (Å²) in [5.74, 6) is 1.30. The molecule has 23 heavy (non-hydrogen) atoms. The molecule has 1 aliphatic rings. The van der Waals surface area contributed by atoms with Crippen LogP contribution in [0.15, 0.2) is 18.2 Å². The molecule has 0 radical (unpaired) electrons. The Labute approximate surface area is 139 Å². The van der Waals surface area contributed by atoms with Gasteiger partial charge in [-0.25, -0.2) is 4.68 Å². The Hall–Kier alpha value is -2.38. The Balaban J connectivity index is 1.91. The van der Waals surface area contributed by atoms with Crippen LogP contribution in [0.25, 0.3) is 5.57 Å². The molecule has 2 aromatic rings. The average molecular weight is 332 g/mol. The molecule has 0 aliphatic carbocycles. The van der Waals surface area contributed by atoms with Gasteiger partial charge in [0.15, 0.2) is 5.82 Å². The van der Waals surface area contributed by atoms with Gasteiger partial charge in [-0.2, -0.15) is 4.98 Å². The van der Waals surface area contributed by atoms with E-state index in [2.05, 4.69) is 26.8 Å². The maximum absolute atomic E-state index is 7.42. The van der Waals surface area contributed by atoms with Crippen LogP contribution in [0.5, 0.6) is 0 Å². The van der Waals surface area contributed by atoms with E-state index in [1.165, 1.54) is 0 Å². The van der Waals surface area contributed by atoms with Crippen molar-refractivity contribution in [3.8, 4) is 0 Å². The number of rotatable bonds is 4. The third-order valence-electron chi connectivity index (χ3n) is 3.72. The first-order valence-corrected chi connectivity index (χ1v) is 7.64. The third-order valence-corrected chi connectivity index (χ3v) is 4.13. The number of nitrogens with zero attached hydrogens (tertiary/aromatic N) is 3. The van der Waals surface area contributed by atoms with Crippen molar-refractivity contribution < 1.29 is 0 Å². The van der Waals surface area contributed by atoms with Gasteiger partial charge in [0.25, 0.3) is 0 Å². The maximum atomic E-state index is 7.42. The molecule has 120 valence electrons. The standard InChI is InChI=1S/C15H18ClN7/c1-23-15(21-14(22-23)9-4-6-19-7-5-9)20-12-3-2-11(18)10(8-17)13(12)16/h2-4,8,17,19H,5-7,18H2,1H3,(H,20,21,22). The monoisotopic (exact) mass is 331 g/mol. The van der Waals surface area contributed by atoms with Gasteiger partial charge in [0.2, 0.25) is 5.95 Å². The van der Waals surface area contributed by atoms with Crippen LogP contribution in [0.4, 0.5) is 17.3 Å². The summed E-state index contributed by atoms with van der Waals surface area (Å²) in [6, 6.07) is 3.48. The van der Waals surface area contributed by atoms with Crippen LogP contribution in [0.3, 0.4) is 0 Å². The van der Waals surface area contributed by atoms with Gasteiger partial charge >= 0.3 is 0 Å². The van der Waals surface area contributed by atoms with E-state index >= 15 is 0 Å². The third kappa shape index (κ3) is 3.06. The summed E-state index contributed by atoms with van der Waals surface area (Å²) < 4.78 is 1.68. The minimum atomic E-state index is 0.394. The quantitative estimate of drug-likeness (QED) is 0.507. The number of benzene rings is 1. The molecule has 0 saturated carbocycles. The SMILES string of the molecule is Cn1nc(C2=CCNCC2)nc1Nc1ccc(N)c(C=N)c1Cl. The number of halogens is 1. The van der Waals surface area contributed by atoms with Crippen LogP contribution in [0, 0.1) is 5.41 Å². The predicted molar refractivity (Wildman–Crippen MR) is 93.5 cm³/mol. The Morgan fingerprint density at radius 1 is 1.48 bits per heavy atom. The van der Waals surface area contributed by atoms with Crippen LogP contribution in [0.1, 0.15) is 17.8 Å². The first-order valence-electron chi connectivity index (χ1n) is 7.26. The van der Waals surface area contributed by atoms with Crippen molar-refractivity contribution >= 4 is 40.7 Å². The number of hydrogen-bond acceptors (Lipinski definition) is 6. The molecule has 0 atom stereocenters. The summed E-state index contributed by atoms with van der Waals surface area (Å²) in [5.41, 5.74) is 8.54. The van der Waals surface area contributed by atoms with E-state index in [1.807, 2.05) is 7.05 Å². The molecule has 0 spiro atoms. The molecule has 7 nitrogen and oxygen atoms in total. The highest BCUT2D eigenvalue weighted by molar-refractivity contribution is 6.36. The van der Waals surface area contributed by atoms with Gasteiger partial charge in [-0.1, -0.05) is 17.7 Å². The highest BCUT2D eigenvalue weighted by atomic mass is 35.5. The molecule has 5 N–H and O–H groups in total. The lowest BCUT2D eigenvalue weighted by Gasteiger charge is -2.11. The van der Waals surface area contributed by atoms with Gasteiger partial charge in [0, 0.05) is 31.1 Å². The lowest BCUT2D eigenvalue weighted by atomic mass is 10.1. The Kier molecular flexibility index (Phi) is 4.31. The average Bonchev–Trinajstić information content (AvgIpc) is 2.92. The lowest BCUT2D eigenvalue weighted by molar-refractivity contribution is 0.727. The minimum Gasteiger partial charge on any atom is -0.398 e. The first kappa shape index (κ1) is 15.5. The number of nitrogen functional groups attached to an aromatic ring is 1. The minimum absolute atomic E-state index is 0.394. The smallest absolute Gasteiger partial charge is 0.225 e. The normalized spacial score (nSPS) is 14.4. The number of nitrogens with two attached hydrogens (primary N) is 1. The van der Waals surface area contributed by atoms with Crippen LogP contribution in [0.2, 0.25) is 5.02 Å². The predicted octanol–water partition coefficient (Wildman–Crippen LogP) is 2.17. The largest absolute Gasteiger partial charge is 0.398 e. The molecule has 1 aromatic heterocycles. The van der Waals surface area contributed by atoms with Crippen LogP contribution in [-0.4, -0.2) is 34.1 Å². The summed E-state index contributed by atoms with van der Waals surface area (Å²) in [6.45, 7) is 1.77. The molecule has 3 rings (SSSR count). The first-order chi connectivity index (χ1) is 11.1. The van der Waals surface area contributed by atoms with Crippen molar-refractivity contribution in [2.75, 3.05) is 24.1 Å². The van der Waals surface area contributed by atoms with E-state index in [0.717, 1.165) is 37.1 Å². The molecule has 0 amide bonds. The molecule has 0 saturated heterocycles. The van der Waals surface area contributed by atoms with E-state index in [1.54, 1.807) is 16.8 Å². The van der Waals surface area contributed by atoms with Crippen molar-refractivity contribution in [2.45, 2.75) is 6.42 Å². The highest BCUT2D eigenvalue weighted by Gasteiger charge is 2.15. The second-order valence-electron chi connectivity index (χ2n) is 5.27. The number of aromatic nitrogens is 3. The Morgan fingerprint density at radius 2 is 2.30 bits per heavy atom. The van der Waals surface area contributed by atoms with Gasteiger partial charge < -0.3 is 21.8 Å². The van der Waals surface area contributed by atoms with E-state index in [9.17, 15) is 0 Å². The Bertz CT molecular complexity index is 778. The summed E-state index contributed by atoms with van der Waals surface area (Å²) >= 11 is 6.30. The molecule has 1 aliphatic heterocycles. The van der Waals surface area contributed by atoms with E-state index in [-0.39, 0.29) is 0 Å². The molecular formula is C15H18ClN7. The van der Waals surface area contributed by atoms with Gasteiger partial charge in [-0.15, -0.1) is 5.10 Å². The topological polar surface area (TPSA) is 105 Å². The fraction of sp³-hybridized carbons (Fsp3) is 0.267. The van der Waals surface area contributed by atoms with Crippen molar-refractivity contribution in [3.63, 3.8) is 0 Å². The highest BCUT2D eigenvalue weighted by Crippen LogP contribution is 2.31. The fourth-order valence-corrected chi connectivity index (χ4v) is 2.70. The molecule has 2 heterocycles. The molecule has 0 bridgehead atoms. The molecule has 8 heteroatoms. The molecule has 1 aromatic carbocycles. The van der Waals surface area contributed by atoms with Crippen LogP contribution < -0.4 is 16.4 Å². The van der Waals surface area contributed by atoms with Crippen molar-refractivity contribution in [2.24, 2.45) is 7.05 Å². The zero-order valence-electron chi connectivity index (χ0n) is 12.7. The summed E-state index contributed by atoms with van der Waals surface area (Å²) in [5, 5.41) is 18.7. The maximum Gasteiger partial charge on any atom is 0.225 e.